The van der Waals surface area contributed by atoms with E-state index >= 15 is 0 Å². The van der Waals surface area contributed by atoms with E-state index in [1.807, 2.05) is 0 Å². The molecule has 0 saturated heterocycles. The lowest BCUT2D eigenvalue weighted by Crippen LogP contribution is -2.28. The number of ketones is 2. The van der Waals surface area contributed by atoms with E-state index in [1.54, 1.807) is 13.8 Å². The van der Waals surface area contributed by atoms with Gasteiger partial charge in [-0.1, -0.05) is 13.8 Å². The monoisotopic (exact) mass is 294 g/mol. The van der Waals surface area contributed by atoms with Crippen LogP contribution in [0.15, 0.2) is 6.07 Å². The fourth-order valence-corrected chi connectivity index (χ4v) is 1.54. The lowest BCUT2D eigenvalue weighted by molar-refractivity contribution is -0.122. The van der Waals surface area contributed by atoms with Crippen molar-refractivity contribution in [2.45, 2.75) is 26.4 Å². The highest BCUT2D eigenvalue weighted by Gasteiger charge is 2.32. The first-order valence-electron chi connectivity index (χ1n) is 5.70. The minimum Gasteiger partial charge on any atom is -0.296 e. The molecule has 0 bridgehead atoms. The lowest BCUT2D eigenvalue weighted by Gasteiger charge is -2.10. The SMILES string of the molecule is CC(C)CC(=O)C(F)C(=O)c1cc(F)c(F)c(F)c1F. The molecular formula is C13H11F5O2. The van der Waals surface area contributed by atoms with Gasteiger partial charge in [-0.2, -0.15) is 0 Å². The van der Waals surface area contributed by atoms with Crippen molar-refractivity contribution in [1.82, 2.24) is 0 Å². The third-order valence-corrected chi connectivity index (χ3v) is 2.49. The van der Waals surface area contributed by atoms with Gasteiger partial charge >= 0.3 is 0 Å². The van der Waals surface area contributed by atoms with E-state index in [2.05, 4.69) is 0 Å². The van der Waals surface area contributed by atoms with Crippen molar-refractivity contribution in [3.05, 3.63) is 34.9 Å². The third kappa shape index (κ3) is 3.20. The van der Waals surface area contributed by atoms with Crippen molar-refractivity contribution in [3.8, 4) is 0 Å². The van der Waals surface area contributed by atoms with E-state index in [9.17, 15) is 31.5 Å². The molecule has 1 aromatic carbocycles. The molecule has 20 heavy (non-hydrogen) atoms. The van der Waals surface area contributed by atoms with Gasteiger partial charge < -0.3 is 0 Å². The maximum Gasteiger partial charge on any atom is 0.220 e. The maximum atomic E-state index is 13.6. The fourth-order valence-electron chi connectivity index (χ4n) is 1.54. The van der Waals surface area contributed by atoms with Gasteiger partial charge in [0.15, 0.2) is 29.1 Å². The average Bonchev–Trinajstić information content (AvgIpc) is 2.38. The number of benzene rings is 1. The van der Waals surface area contributed by atoms with Gasteiger partial charge in [0.05, 0.1) is 5.56 Å². The second-order valence-corrected chi connectivity index (χ2v) is 4.64. The number of rotatable bonds is 5. The van der Waals surface area contributed by atoms with E-state index in [4.69, 9.17) is 0 Å². The van der Waals surface area contributed by atoms with Gasteiger partial charge in [0.25, 0.3) is 0 Å². The number of carbonyl (C=O) groups is 2. The molecule has 0 fully saturated rings. The second kappa shape index (κ2) is 6.11. The Morgan fingerprint density at radius 2 is 1.60 bits per heavy atom. The Labute approximate surface area is 111 Å². The molecule has 0 saturated carbocycles. The van der Waals surface area contributed by atoms with Crippen LogP contribution in [0.25, 0.3) is 0 Å². The molecule has 0 spiro atoms. The molecule has 0 aliphatic heterocycles. The second-order valence-electron chi connectivity index (χ2n) is 4.64. The molecule has 7 heteroatoms. The Bertz CT molecular complexity index is 554. The summed E-state index contributed by atoms with van der Waals surface area (Å²) < 4.78 is 65.4. The van der Waals surface area contributed by atoms with Crippen molar-refractivity contribution < 1.29 is 31.5 Å². The average molecular weight is 294 g/mol. The fraction of sp³-hybridized carbons (Fsp3) is 0.385. The van der Waals surface area contributed by atoms with Crippen LogP contribution in [0.2, 0.25) is 0 Å². The van der Waals surface area contributed by atoms with Gasteiger partial charge in [-0.15, -0.1) is 0 Å². The molecule has 2 nitrogen and oxygen atoms in total. The topological polar surface area (TPSA) is 34.1 Å². The molecule has 0 amide bonds. The number of hydrogen-bond acceptors (Lipinski definition) is 2. The molecule has 0 aliphatic carbocycles. The number of hydrogen-bond donors (Lipinski definition) is 0. The van der Waals surface area contributed by atoms with Crippen molar-refractivity contribution in [3.63, 3.8) is 0 Å². The number of alkyl halides is 1. The zero-order valence-electron chi connectivity index (χ0n) is 10.6. The zero-order valence-corrected chi connectivity index (χ0v) is 10.6. The summed E-state index contributed by atoms with van der Waals surface area (Å²) in [7, 11) is 0. The Balaban J connectivity index is 3.13. The number of Topliss-reactive ketones (excluding diaryl/α,β-unsaturated/α-hetero) is 2. The first kappa shape index (κ1) is 16.3. The van der Waals surface area contributed by atoms with Crippen LogP contribution in [0.4, 0.5) is 22.0 Å². The largest absolute Gasteiger partial charge is 0.296 e. The van der Waals surface area contributed by atoms with E-state index < -0.39 is 46.6 Å². The molecule has 110 valence electrons. The van der Waals surface area contributed by atoms with Gasteiger partial charge in [-0.25, -0.2) is 22.0 Å². The first-order chi connectivity index (χ1) is 9.16. The van der Waals surface area contributed by atoms with Gasteiger partial charge in [-0.05, 0) is 12.0 Å². The molecule has 1 aromatic rings. The number of carbonyl (C=O) groups excluding carboxylic acids is 2. The van der Waals surface area contributed by atoms with Gasteiger partial charge in [-0.3, -0.25) is 9.59 Å². The van der Waals surface area contributed by atoms with Crippen LogP contribution in [-0.2, 0) is 4.79 Å². The highest BCUT2D eigenvalue weighted by molar-refractivity contribution is 6.13. The standard InChI is InChI=1S/C13H11F5O2/c1-5(2)3-8(19)11(17)13(20)6-4-7(14)10(16)12(18)9(6)15/h4-5,11H,3H2,1-2H3. The van der Waals surface area contributed by atoms with Crippen molar-refractivity contribution >= 4 is 11.6 Å². The first-order valence-corrected chi connectivity index (χ1v) is 5.70. The molecule has 1 rings (SSSR count). The van der Waals surface area contributed by atoms with Crippen molar-refractivity contribution in [2.24, 2.45) is 5.92 Å². The van der Waals surface area contributed by atoms with Crippen molar-refractivity contribution in [2.75, 3.05) is 0 Å². The molecule has 0 aromatic heterocycles. The minimum atomic E-state index is -2.74. The number of halogens is 5. The summed E-state index contributed by atoms with van der Waals surface area (Å²) in [5, 5.41) is 0. The van der Waals surface area contributed by atoms with E-state index in [-0.39, 0.29) is 18.4 Å². The molecule has 0 radical (unpaired) electrons. The molecule has 0 N–H and O–H groups in total. The van der Waals surface area contributed by atoms with Gasteiger partial charge in [0.1, 0.15) is 0 Å². The molecule has 0 aliphatic rings. The van der Waals surface area contributed by atoms with Crippen LogP contribution in [0.3, 0.4) is 0 Å². The van der Waals surface area contributed by atoms with E-state index in [1.165, 1.54) is 0 Å². The summed E-state index contributed by atoms with van der Waals surface area (Å²) in [5.74, 6) is -11.3. The zero-order chi connectivity index (χ0) is 15.6. The normalized spacial score (nSPS) is 12.6. The van der Waals surface area contributed by atoms with Gasteiger partial charge in [0, 0.05) is 6.42 Å². The molecular weight excluding hydrogens is 283 g/mol. The van der Waals surface area contributed by atoms with Gasteiger partial charge in [0.2, 0.25) is 12.0 Å². The Morgan fingerprint density at radius 1 is 1.05 bits per heavy atom. The maximum absolute atomic E-state index is 13.6. The quantitative estimate of drug-likeness (QED) is 0.274. The van der Waals surface area contributed by atoms with E-state index in [0.717, 1.165) is 0 Å². The Morgan fingerprint density at radius 3 is 2.10 bits per heavy atom. The summed E-state index contributed by atoms with van der Waals surface area (Å²) in [6.07, 6.45) is -3.03. The van der Waals surface area contributed by atoms with Crippen LogP contribution in [-0.4, -0.2) is 17.7 Å². The Hall–Kier alpha value is -1.79. The molecule has 1 unspecified atom stereocenters. The van der Waals surface area contributed by atoms with E-state index in [0.29, 0.717) is 0 Å². The predicted octanol–water partition coefficient (Wildman–Crippen LogP) is 3.38. The highest BCUT2D eigenvalue weighted by atomic mass is 19.2. The predicted molar refractivity (Wildman–Crippen MR) is 60.0 cm³/mol. The van der Waals surface area contributed by atoms with Crippen molar-refractivity contribution in [1.29, 1.82) is 0 Å². The van der Waals surface area contributed by atoms with Crippen LogP contribution in [0, 0.1) is 29.2 Å². The third-order valence-electron chi connectivity index (χ3n) is 2.49. The molecule has 0 heterocycles. The summed E-state index contributed by atoms with van der Waals surface area (Å²) in [4.78, 5) is 22.8. The smallest absolute Gasteiger partial charge is 0.220 e. The van der Waals surface area contributed by atoms with Crippen LogP contribution < -0.4 is 0 Å². The van der Waals surface area contributed by atoms with Crippen LogP contribution in [0.1, 0.15) is 30.6 Å². The minimum absolute atomic E-state index is 0.0330. The summed E-state index contributed by atoms with van der Waals surface area (Å²) >= 11 is 0. The highest BCUT2D eigenvalue weighted by Crippen LogP contribution is 2.21. The Kier molecular flexibility index (Phi) is 4.97. The summed E-state index contributed by atoms with van der Waals surface area (Å²) in [5.41, 5.74) is -1.33. The van der Waals surface area contributed by atoms with Crippen LogP contribution in [0.5, 0.6) is 0 Å². The molecule has 1 atom stereocenters. The summed E-state index contributed by atoms with van der Waals surface area (Å²) in [6.45, 7) is 3.18. The lowest BCUT2D eigenvalue weighted by atomic mass is 9.98. The van der Waals surface area contributed by atoms with Crippen LogP contribution >= 0.6 is 0 Å². The summed E-state index contributed by atoms with van der Waals surface area (Å²) in [6, 6.07) is 0.0330.